The van der Waals surface area contributed by atoms with Gasteiger partial charge in [0.15, 0.2) is 0 Å². The van der Waals surface area contributed by atoms with Crippen molar-refractivity contribution in [2.45, 2.75) is 44.7 Å². The standard InChI is InChI=1S/C19H26N4O/c1-2-23-14-17(13-21-23)16-8-10-22(11-9-16)19(24)18(20)12-15-6-4-3-5-7-15/h3-7,13-14,16,18H,2,8-12,20H2,1H3. The van der Waals surface area contributed by atoms with Gasteiger partial charge in [-0.3, -0.25) is 9.48 Å². The van der Waals surface area contributed by atoms with Gasteiger partial charge in [0.25, 0.3) is 0 Å². The first-order valence-electron chi connectivity index (χ1n) is 8.78. The lowest BCUT2D eigenvalue weighted by Crippen LogP contribution is -2.47. The zero-order valence-corrected chi connectivity index (χ0v) is 14.3. The summed E-state index contributed by atoms with van der Waals surface area (Å²) in [7, 11) is 0. The molecule has 0 radical (unpaired) electrons. The van der Waals surface area contributed by atoms with Crippen LogP contribution < -0.4 is 5.73 Å². The second-order valence-corrected chi connectivity index (χ2v) is 6.53. The van der Waals surface area contributed by atoms with Gasteiger partial charge < -0.3 is 10.6 Å². The second-order valence-electron chi connectivity index (χ2n) is 6.53. The van der Waals surface area contributed by atoms with E-state index < -0.39 is 6.04 Å². The van der Waals surface area contributed by atoms with Crippen LogP contribution in [0.25, 0.3) is 0 Å². The van der Waals surface area contributed by atoms with Gasteiger partial charge in [0, 0.05) is 25.8 Å². The van der Waals surface area contributed by atoms with Crippen molar-refractivity contribution in [2.75, 3.05) is 13.1 Å². The summed E-state index contributed by atoms with van der Waals surface area (Å²) in [6.45, 7) is 4.55. The molecule has 24 heavy (non-hydrogen) atoms. The molecule has 0 bridgehead atoms. The molecule has 0 saturated carbocycles. The third-order valence-corrected chi connectivity index (χ3v) is 4.87. The normalized spacial score (nSPS) is 17.0. The second kappa shape index (κ2) is 7.62. The number of aryl methyl sites for hydroxylation is 1. The van der Waals surface area contributed by atoms with Crippen molar-refractivity contribution < 1.29 is 4.79 Å². The highest BCUT2D eigenvalue weighted by Gasteiger charge is 2.27. The molecule has 1 atom stereocenters. The first-order valence-corrected chi connectivity index (χ1v) is 8.78. The molecule has 2 N–H and O–H groups in total. The molecule has 2 heterocycles. The zero-order chi connectivity index (χ0) is 16.9. The van der Waals surface area contributed by atoms with Crippen LogP contribution in [0, 0.1) is 0 Å². The lowest BCUT2D eigenvalue weighted by Gasteiger charge is -2.33. The van der Waals surface area contributed by atoms with Crippen LogP contribution in [0.2, 0.25) is 0 Å². The van der Waals surface area contributed by atoms with Crippen molar-refractivity contribution in [3.8, 4) is 0 Å². The van der Waals surface area contributed by atoms with Gasteiger partial charge in [0.05, 0.1) is 12.2 Å². The molecule has 5 nitrogen and oxygen atoms in total. The Hall–Kier alpha value is -2.14. The Morgan fingerprint density at radius 1 is 1.29 bits per heavy atom. The first-order chi connectivity index (χ1) is 11.7. The van der Waals surface area contributed by atoms with Gasteiger partial charge in [-0.05, 0) is 43.2 Å². The number of piperidine rings is 1. The highest BCUT2D eigenvalue weighted by Crippen LogP contribution is 2.28. The fourth-order valence-corrected chi connectivity index (χ4v) is 3.39. The Kier molecular flexibility index (Phi) is 5.30. The van der Waals surface area contributed by atoms with E-state index in [1.54, 1.807) is 0 Å². The predicted molar refractivity (Wildman–Crippen MR) is 94.6 cm³/mol. The van der Waals surface area contributed by atoms with Crippen molar-refractivity contribution in [1.29, 1.82) is 0 Å². The van der Waals surface area contributed by atoms with Crippen LogP contribution in [0.15, 0.2) is 42.7 Å². The molecule has 1 aromatic heterocycles. The minimum Gasteiger partial charge on any atom is -0.341 e. The summed E-state index contributed by atoms with van der Waals surface area (Å²) in [5.41, 5.74) is 8.54. The maximum absolute atomic E-state index is 12.6. The summed E-state index contributed by atoms with van der Waals surface area (Å²) in [5.74, 6) is 0.571. The minimum atomic E-state index is -0.452. The lowest BCUT2D eigenvalue weighted by molar-refractivity contribution is -0.133. The molecule has 128 valence electrons. The van der Waals surface area contributed by atoms with E-state index in [9.17, 15) is 4.79 Å². The molecule has 1 fully saturated rings. The fraction of sp³-hybridized carbons (Fsp3) is 0.474. The zero-order valence-electron chi connectivity index (χ0n) is 14.3. The summed E-state index contributed by atoms with van der Waals surface area (Å²) in [5, 5.41) is 4.36. The molecular formula is C19H26N4O. The number of aromatic nitrogens is 2. The van der Waals surface area contributed by atoms with Crippen LogP contribution in [0.3, 0.4) is 0 Å². The van der Waals surface area contributed by atoms with E-state index in [4.69, 9.17) is 5.73 Å². The highest BCUT2D eigenvalue weighted by molar-refractivity contribution is 5.82. The van der Waals surface area contributed by atoms with Crippen molar-refractivity contribution >= 4 is 5.91 Å². The number of amides is 1. The Balaban J connectivity index is 1.53. The van der Waals surface area contributed by atoms with Gasteiger partial charge in [-0.1, -0.05) is 30.3 Å². The number of nitrogens with zero attached hydrogens (tertiary/aromatic N) is 3. The number of benzene rings is 1. The summed E-state index contributed by atoms with van der Waals surface area (Å²) >= 11 is 0. The average molecular weight is 326 g/mol. The van der Waals surface area contributed by atoms with Crippen LogP contribution in [-0.2, 0) is 17.8 Å². The first kappa shape index (κ1) is 16.7. The van der Waals surface area contributed by atoms with Crippen LogP contribution in [0.4, 0.5) is 0 Å². The fourth-order valence-electron chi connectivity index (χ4n) is 3.39. The lowest BCUT2D eigenvalue weighted by atomic mass is 9.91. The van der Waals surface area contributed by atoms with E-state index in [0.717, 1.165) is 38.0 Å². The highest BCUT2D eigenvalue weighted by atomic mass is 16.2. The van der Waals surface area contributed by atoms with Gasteiger partial charge in [0.1, 0.15) is 0 Å². The number of hydrogen-bond acceptors (Lipinski definition) is 3. The van der Waals surface area contributed by atoms with Crippen LogP contribution in [-0.4, -0.2) is 39.7 Å². The molecule has 1 amide bonds. The summed E-state index contributed by atoms with van der Waals surface area (Å²) in [4.78, 5) is 14.5. The molecule has 3 rings (SSSR count). The van der Waals surface area contributed by atoms with E-state index in [1.807, 2.05) is 46.1 Å². The molecule has 0 spiro atoms. The third-order valence-electron chi connectivity index (χ3n) is 4.87. The van der Waals surface area contributed by atoms with Gasteiger partial charge >= 0.3 is 0 Å². The van der Waals surface area contributed by atoms with Gasteiger partial charge in [-0.15, -0.1) is 0 Å². The van der Waals surface area contributed by atoms with Crippen LogP contribution >= 0.6 is 0 Å². The topological polar surface area (TPSA) is 64.2 Å². The molecule has 0 aliphatic carbocycles. The Bertz CT molecular complexity index is 659. The summed E-state index contributed by atoms with van der Waals surface area (Å²) < 4.78 is 1.96. The van der Waals surface area contributed by atoms with E-state index >= 15 is 0 Å². The van der Waals surface area contributed by atoms with Gasteiger partial charge in [0.2, 0.25) is 5.91 Å². The van der Waals surface area contributed by atoms with Gasteiger partial charge in [-0.25, -0.2) is 0 Å². The van der Waals surface area contributed by atoms with Crippen molar-refractivity contribution in [2.24, 2.45) is 5.73 Å². The number of rotatable bonds is 5. The van der Waals surface area contributed by atoms with Crippen molar-refractivity contribution in [3.63, 3.8) is 0 Å². The molecule has 1 aliphatic rings. The summed E-state index contributed by atoms with van der Waals surface area (Å²) in [6.07, 6.45) is 6.66. The third kappa shape index (κ3) is 3.85. The average Bonchev–Trinajstić information content (AvgIpc) is 3.11. The minimum absolute atomic E-state index is 0.0709. The molecular weight excluding hydrogens is 300 g/mol. The van der Waals surface area contributed by atoms with Crippen LogP contribution in [0.5, 0.6) is 0 Å². The summed E-state index contributed by atoms with van der Waals surface area (Å²) in [6, 6.07) is 9.52. The largest absolute Gasteiger partial charge is 0.341 e. The van der Waals surface area contributed by atoms with E-state index in [0.29, 0.717) is 12.3 Å². The Morgan fingerprint density at radius 3 is 2.62 bits per heavy atom. The molecule has 1 aliphatic heterocycles. The monoisotopic (exact) mass is 326 g/mol. The molecule has 1 saturated heterocycles. The molecule has 5 heteroatoms. The van der Waals surface area contributed by atoms with E-state index in [-0.39, 0.29) is 5.91 Å². The smallest absolute Gasteiger partial charge is 0.239 e. The number of nitrogens with two attached hydrogens (primary N) is 1. The van der Waals surface area contributed by atoms with E-state index in [2.05, 4.69) is 18.2 Å². The SMILES string of the molecule is CCn1cc(C2CCN(C(=O)C(N)Cc3ccccc3)CC2)cn1. The van der Waals surface area contributed by atoms with E-state index in [1.165, 1.54) is 5.56 Å². The molecule has 1 aromatic carbocycles. The maximum atomic E-state index is 12.6. The van der Waals surface area contributed by atoms with Crippen molar-refractivity contribution in [1.82, 2.24) is 14.7 Å². The van der Waals surface area contributed by atoms with Gasteiger partial charge in [-0.2, -0.15) is 5.10 Å². The molecule has 1 unspecified atom stereocenters. The number of carbonyl (C=O) groups is 1. The Morgan fingerprint density at radius 2 is 2.00 bits per heavy atom. The quantitative estimate of drug-likeness (QED) is 0.916. The van der Waals surface area contributed by atoms with Crippen LogP contribution in [0.1, 0.15) is 36.8 Å². The van der Waals surface area contributed by atoms with Crippen molar-refractivity contribution in [3.05, 3.63) is 53.9 Å². The Labute approximate surface area is 143 Å². The number of hydrogen-bond donors (Lipinski definition) is 1. The number of likely N-dealkylation sites (tertiary alicyclic amines) is 1. The predicted octanol–water partition coefficient (Wildman–Crippen LogP) is 2.18. The molecule has 2 aromatic rings. The maximum Gasteiger partial charge on any atom is 0.239 e. The number of carbonyl (C=O) groups excluding carboxylic acids is 1.